The zero-order chi connectivity index (χ0) is 59.2. The molecule has 2 saturated heterocycles. The van der Waals surface area contributed by atoms with Crippen molar-refractivity contribution in [2.75, 3.05) is 83.9 Å². The average Bonchev–Trinajstić information content (AvgIpc) is 3.28. The topological polar surface area (TPSA) is 195 Å². The Morgan fingerprint density at radius 3 is 2.37 bits per heavy atom. The Morgan fingerprint density at radius 2 is 1.63 bits per heavy atom. The van der Waals surface area contributed by atoms with Crippen LogP contribution in [0, 0.1) is 19.3 Å². The molecule has 438 valence electrons. The predicted molar refractivity (Wildman–Crippen MR) is 317 cm³/mol. The minimum atomic E-state index is -0.593. The molecule has 0 radical (unpaired) electrons. The number of aryl methyl sites for hydroxylation is 2. The van der Waals surface area contributed by atoms with Gasteiger partial charge in [-0.05, 0) is 111 Å². The molecule has 2 fully saturated rings. The maximum atomic E-state index is 15.1. The summed E-state index contributed by atoms with van der Waals surface area (Å²) in [7, 11) is 3.25. The van der Waals surface area contributed by atoms with Gasteiger partial charge in [0.25, 0.3) is 11.7 Å². The van der Waals surface area contributed by atoms with Crippen molar-refractivity contribution < 1.29 is 42.5 Å². The lowest BCUT2D eigenvalue weighted by atomic mass is 9.93. The van der Waals surface area contributed by atoms with Gasteiger partial charge in [-0.15, -0.1) is 5.10 Å². The number of rotatable bonds is 19. The Morgan fingerprint density at radius 1 is 0.881 bits per heavy atom. The van der Waals surface area contributed by atoms with Crippen LogP contribution in [0.5, 0.6) is 11.5 Å². The quantitative estimate of drug-likeness (QED) is 0.0597. The number of carbonyl (C=O) groups excluding carboxylic acids is 4. The Labute approximate surface area is 493 Å². The van der Waals surface area contributed by atoms with Crippen LogP contribution in [0.15, 0.2) is 102 Å². The van der Waals surface area contributed by atoms with Crippen LogP contribution in [-0.4, -0.2) is 143 Å². The van der Waals surface area contributed by atoms with Crippen molar-refractivity contribution in [1.29, 1.82) is 0 Å². The van der Waals surface area contributed by atoms with Gasteiger partial charge in [0.05, 0.1) is 76.1 Å². The number of halogens is 2. The van der Waals surface area contributed by atoms with Crippen molar-refractivity contribution in [3.05, 3.63) is 159 Å². The number of amidine groups is 1. The molecule has 10 rings (SSSR count). The van der Waals surface area contributed by atoms with Crippen LogP contribution in [0.2, 0.25) is 5.02 Å². The second-order valence-corrected chi connectivity index (χ2v) is 22.2. The lowest BCUT2D eigenvalue weighted by Gasteiger charge is -2.38. The van der Waals surface area contributed by atoms with E-state index in [-0.39, 0.29) is 113 Å². The maximum Gasteiger partial charge on any atom is 0.326 e. The predicted octanol–water partition coefficient (Wildman–Crippen LogP) is 10.2. The molecule has 3 atom stereocenters. The molecule has 0 unspecified atom stereocenters. The zero-order valence-corrected chi connectivity index (χ0v) is 48.7. The highest BCUT2D eigenvalue weighted by atomic mass is 35.5. The number of carbonyl (C=O) groups is 4. The Balaban J connectivity index is 0.712. The Kier molecular flexibility index (Phi) is 18.2. The number of piperazine rings is 1. The molecule has 4 aliphatic heterocycles. The van der Waals surface area contributed by atoms with E-state index >= 15 is 4.79 Å². The number of hydrogen-bond donors (Lipinski definition) is 1. The molecule has 6 aromatic rings. The first kappa shape index (κ1) is 58.8. The summed E-state index contributed by atoms with van der Waals surface area (Å²) in [4.78, 5) is 78.4. The fourth-order valence-corrected chi connectivity index (χ4v) is 11.6. The first-order chi connectivity index (χ1) is 40.6. The second kappa shape index (κ2) is 26.0. The summed E-state index contributed by atoms with van der Waals surface area (Å²) < 4.78 is 39.9. The summed E-state index contributed by atoms with van der Waals surface area (Å²) in [6.45, 7) is 16.8. The van der Waals surface area contributed by atoms with Crippen molar-refractivity contribution in [2.45, 2.75) is 90.2 Å². The van der Waals surface area contributed by atoms with Gasteiger partial charge >= 0.3 is 6.03 Å². The number of anilines is 2. The number of fused-ring (bicyclic) bond motifs is 8. The molecule has 4 aromatic carbocycles. The molecule has 2 N–H and O–H groups in total. The number of Topliss-reactive ketones (excluding diaryl/α,β-unsaturated/α-hetero) is 1. The first-order valence-electron chi connectivity index (χ1n) is 28.4. The molecular formula is C63H69ClFN11O8. The van der Waals surface area contributed by atoms with Gasteiger partial charge < -0.3 is 49.1 Å². The lowest BCUT2D eigenvalue weighted by molar-refractivity contribution is -0.135. The standard InChI is InChI=1S/C63H69ClFN11O8/c1-39(2)84-54-35-47(81-6)20-22-49(54)60-69-57(41-13-11-40(3)12-14-41)58(42-15-17-44(64)18-16-42)76(60)63(80)73-27-26-72(55(78)38-73)28-30-83-32-31-82-29-23-46(77)9-7-25-75-61(67-4)56-43-33-53(59(66)68-36-43)74-24-8-10-52(74)50-34-45(65)19-21-48(50)62(79)71(5)37-51(56)70-75/h11-22,33-36,39,52,57-58H,7-10,23-32,37-38H2,1-3,5-6H3,(H2,66,68)/t52-,57+,58-/m1/s1. The van der Waals surface area contributed by atoms with Crippen LogP contribution in [0.3, 0.4) is 0 Å². The van der Waals surface area contributed by atoms with Crippen LogP contribution in [0.1, 0.15) is 108 Å². The van der Waals surface area contributed by atoms with E-state index in [4.69, 9.17) is 52.9 Å². The van der Waals surface area contributed by atoms with Gasteiger partial charge in [0.15, 0.2) is 0 Å². The number of aliphatic imine (C=N–C) groups is 1. The van der Waals surface area contributed by atoms with Crippen LogP contribution in [0.4, 0.5) is 26.5 Å². The van der Waals surface area contributed by atoms with Gasteiger partial charge in [-0.3, -0.25) is 24.3 Å². The van der Waals surface area contributed by atoms with E-state index in [1.54, 1.807) is 57.9 Å². The summed E-state index contributed by atoms with van der Waals surface area (Å²) in [6.07, 6.45) is 3.73. The van der Waals surface area contributed by atoms with Gasteiger partial charge in [-0.25, -0.2) is 14.2 Å². The SMILES string of the molecule is [C-]#[N+]c1c2c(nn1CCCC(=O)CCOCCOCCN1CCN(C(=O)N3C(c4ccc(OC)cc4OC(C)C)=N[C@@H](c4ccc(C)cc4)[C@H]3c3ccc(Cl)cc3)CC1=O)CN(C)C(=O)c1ccc(F)cc1[C@H]1CCCN1c1cc-2cnc1N. The lowest BCUT2D eigenvalue weighted by Crippen LogP contribution is -2.56. The molecule has 2 aromatic heterocycles. The van der Waals surface area contributed by atoms with E-state index in [1.165, 1.54) is 23.1 Å². The smallest absolute Gasteiger partial charge is 0.326 e. The van der Waals surface area contributed by atoms with Crippen LogP contribution in [0.25, 0.3) is 16.0 Å². The number of nitrogens with two attached hydrogens (primary N) is 1. The largest absolute Gasteiger partial charge is 0.497 e. The highest BCUT2D eigenvalue weighted by Crippen LogP contribution is 2.47. The third-order valence-electron chi connectivity index (χ3n) is 15.7. The van der Waals surface area contributed by atoms with Crippen molar-refractivity contribution in [3.8, 4) is 22.6 Å². The molecule has 0 aliphatic carbocycles. The van der Waals surface area contributed by atoms with E-state index < -0.39 is 17.9 Å². The fourth-order valence-electron chi connectivity index (χ4n) is 11.5. The van der Waals surface area contributed by atoms with Crippen molar-refractivity contribution >= 4 is 58.4 Å². The number of amides is 4. The van der Waals surface area contributed by atoms with E-state index in [0.29, 0.717) is 94.0 Å². The normalized spacial score (nSPS) is 17.8. The third kappa shape index (κ3) is 12.7. The maximum absolute atomic E-state index is 15.1. The van der Waals surface area contributed by atoms with E-state index in [9.17, 15) is 18.8 Å². The highest BCUT2D eigenvalue weighted by Gasteiger charge is 2.46. The molecule has 0 spiro atoms. The molecule has 4 amide bonds. The number of nitrogen functional groups attached to an aromatic ring is 1. The molecule has 21 heteroatoms. The molecule has 6 heterocycles. The van der Waals surface area contributed by atoms with E-state index in [1.807, 2.05) is 75.4 Å². The number of ketones is 1. The van der Waals surface area contributed by atoms with Crippen molar-refractivity contribution in [2.24, 2.45) is 4.99 Å². The van der Waals surface area contributed by atoms with Crippen LogP contribution in [-0.2, 0) is 32.2 Å². The van der Waals surface area contributed by atoms with E-state index in [2.05, 4.69) is 14.7 Å². The Bertz CT molecular complexity index is 3500. The zero-order valence-electron chi connectivity index (χ0n) is 47.9. The van der Waals surface area contributed by atoms with Crippen molar-refractivity contribution in [3.63, 3.8) is 0 Å². The number of pyridine rings is 1. The van der Waals surface area contributed by atoms with Gasteiger partial charge in [-0.2, -0.15) is 4.68 Å². The molecule has 84 heavy (non-hydrogen) atoms. The molecule has 2 bridgehead atoms. The van der Waals surface area contributed by atoms with Gasteiger partial charge in [0.1, 0.15) is 53.0 Å². The summed E-state index contributed by atoms with van der Waals surface area (Å²) >= 11 is 6.40. The monoisotopic (exact) mass is 1160 g/mol. The third-order valence-corrected chi connectivity index (χ3v) is 16.0. The minimum absolute atomic E-state index is 0.0131. The van der Waals surface area contributed by atoms with E-state index in [0.717, 1.165) is 23.1 Å². The van der Waals surface area contributed by atoms with Gasteiger partial charge in [0, 0.05) is 74.5 Å². The summed E-state index contributed by atoms with van der Waals surface area (Å²) in [5, 5.41) is 5.39. The van der Waals surface area contributed by atoms with Gasteiger partial charge in [0.2, 0.25) is 5.91 Å². The number of ether oxygens (including phenoxy) is 4. The molecule has 4 aliphatic rings. The number of benzene rings is 4. The number of urea groups is 1. The minimum Gasteiger partial charge on any atom is -0.497 e. The number of aromatic nitrogens is 3. The summed E-state index contributed by atoms with van der Waals surface area (Å²) in [5.41, 5.74) is 13.2. The number of nitrogens with zero attached hydrogens (tertiary/aromatic N) is 10. The molecular weight excluding hydrogens is 1090 g/mol. The first-order valence-corrected chi connectivity index (χ1v) is 28.8. The molecule has 19 nitrogen and oxygen atoms in total. The second-order valence-electron chi connectivity index (χ2n) is 21.8. The van der Waals surface area contributed by atoms with Crippen LogP contribution < -0.4 is 20.1 Å². The highest BCUT2D eigenvalue weighted by molar-refractivity contribution is 6.30. The number of hydrogen-bond acceptors (Lipinski definition) is 13. The molecule has 0 saturated carbocycles. The van der Waals surface area contributed by atoms with Gasteiger partial charge in [-0.1, -0.05) is 60.1 Å². The average molecular weight is 1160 g/mol. The Hall–Kier alpha value is -8.38. The summed E-state index contributed by atoms with van der Waals surface area (Å²) in [5.74, 6) is 1.08. The fraction of sp³-hybridized carbons (Fsp3) is 0.397. The van der Waals surface area contributed by atoms with Crippen molar-refractivity contribution in [1.82, 2.24) is 34.4 Å². The summed E-state index contributed by atoms with van der Waals surface area (Å²) in [6, 6.07) is 25.4. The number of methoxy groups -OCH3 is 1. The van der Waals surface area contributed by atoms with Crippen LogP contribution >= 0.6 is 11.6 Å².